The topological polar surface area (TPSA) is 60.7 Å². The Labute approximate surface area is 83.0 Å². The van der Waals surface area contributed by atoms with Gasteiger partial charge in [0.05, 0.1) is 16.8 Å². The fourth-order valence-electron chi connectivity index (χ4n) is 0.882. The van der Waals surface area contributed by atoms with E-state index in [2.05, 4.69) is 15.0 Å². The van der Waals surface area contributed by atoms with Gasteiger partial charge in [-0.3, -0.25) is 0 Å². The Morgan fingerprint density at radius 2 is 2.46 bits per heavy atom. The zero-order valence-electron chi connectivity index (χ0n) is 6.39. The normalized spacial score (nSPS) is 17.4. The SMILES string of the molecule is Oc1[nH]c(=S)sc1/C=C1/C=NC=N1. The molecule has 0 radical (unpaired) electrons. The van der Waals surface area contributed by atoms with Gasteiger partial charge in [-0.25, -0.2) is 9.98 Å². The first-order valence-electron chi connectivity index (χ1n) is 3.45. The standard InChI is InChI=1S/C7H5N3OS2/c11-6-5(13-7(12)10-6)1-4-2-8-3-9-4/h1-3,11H,(H,10,12)/b4-1-. The largest absolute Gasteiger partial charge is 0.494 e. The molecule has 0 fully saturated rings. The maximum Gasteiger partial charge on any atom is 0.207 e. The van der Waals surface area contributed by atoms with E-state index in [1.165, 1.54) is 17.7 Å². The lowest BCUT2D eigenvalue weighted by atomic mass is 10.4. The molecule has 2 heterocycles. The van der Waals surface area contributed by atoms with Crippen LogP contribution in [0.25, 0.3) is 6.08 Å². The van der Waals surface area contributed by atoms with Crippen LogP contribution < -0.4 is 0 Å². The summed E-state index contributed by atoms with van der Waals surface area (Å²) in [5.41, 5.74) is 0.709. The van der Waals surface area contributed by atoms with E-state index in [9.17, 15) is 5.11 Å². The van der Waals surface area contributed by atoms with Crippen LogP contribution in [0.1, 0.15) is 4.88 Å². The lowest BCUT2D eigenvalue weighted by molar-refractivity contribution is 0.456. The molecule has 1 aromatic rings. The second kappa shape index (κ2) is 3.23. The number of hydrogen-bond donors (Lipinski definition) is 2. The van der Waals surface area contributed by atoms with Gasteiger partial charge < -0.3 is 10.1 Å². The van der Waals surface area contributed by atoms with Crippen LogP contribution in [0.5, 0.6) is 5.88 Å². The molecule has 0 spiro atoms. The molecule has 0 bridgehead atoms. The summed E-state index contributed by atoms with van der Waals surface area (Å²) < 4.78 is 0.545. The first-order valence-corrected chi connectivity index (χ1v) is 4.67. The molecule has 2 rings (SSSR count). The third-order valence-corrected chi connectivity index (χ3v) is 2.59. The van der Waals surface area contributed by atoms with E-state index in [4.69, 9.17) is 12.2 Å². The quantitative estimate of drug-likeness (QED) is 0.697. The van der Waals surface area contributed by atoms with E-state index in [0.29, 0.717) is 14.5 Å². The van der Waals surface area contributed by atoms with Crippen molar-refractivity contribution in [2.75, 3.05) is 0 Å². The van der Waals surface area contributed by atoms with E-state index in [1.807, 2.05) is 0 Å². The monoisotopic (exact) mass is 211 g/mol. The summed E-state index contributed by atoms with van der Waals surface area (Å²) in [6, 6.07) is 0. The minimum Gasteiger partial charge on any atom is -0.494 e. The molecule has 1 aliphatic heterocycles. The van der Waals surface area contributed by atoms with Crippen LogP contribution in [0.4, 0.5) is 0 Å². The van der Waals surface area contributed by atoms with Gasteiger partial charge in [0, 0.05) is 0 Å². The van der Waals surface area contributed by atoms with Crippen molar-refractivity contribution in [2.24, 2.45) is 9.98 Å². The Kier molecular flexibility index (Phi) is 2.07. The molecule has 0 amide bonds. The number of aliphatic imine (C=N–C) groups is 2. The van der Waals surface area contributed by atoms with Gasteiger partial charge in [0.1, 0.15) is 6.34 Å². The molecular weight excluding hydrogens is 206 g/mol. The molecule has 0 unspecified atom stereocenters. The number of allylic oxidation sites excluding steroid dienone is 1. The van der Waals surface area contributed by atoms with E-state index in [0.717, 1.165) is 0 Å². The van der Waals surface area contributed by atoms with Crippen molar-refractivity contribution >= 4 is 42.2 Å². The van der Waals surface area contributed by atoms with Crippen molar-refractivity contribution in [3.05, 3.63) is 14.5 Å². The van der Waals surface area contributed by atoms with E-state index in [-0.39, 0.29) is 5.88 Å². The fraction of sp³-hybridized carbons (Fsp3) is 0. The summed E-state index contributed by atoms with van der Waals surface area (Å²) in [6.45, 7) is 0. The van der Waals surface area contributed by atoms with Gasteiger partial charge in [0.2, 0.25) is 5.88 Å². The number of H-pyrrole nitrogens is 1. The third-order valence-electron chi connectivity index (χ3n) is 1.42. The highest BCUT2D eigenvalue weighted by atomic mass is 32.1. The molecule has 1 aliphatic rings. The highest BCUT2D eigenvalue weighted by molar-refractivity contribution is 7.73. The van der Waals surface area contributed by atoms with E-state index in [1.54, 1.807) is 12.3 Å². The minimum atomic E-state index is 0.0815. The lowest BCUT2D eigenvalue weighted by Crippen LogP contribution is -1.73. The molecule has 66 valence electrons. The van der Waals surface area contributed by atoms with E-state index < -0.39 is 0 Å². The van der Waals surface area contributed by atoms with Gasteiger partial charge in [-0.1, -0.05) is 0 Å². The number of nitrogens with one attached hydrogen (secondary N) is 1. The number of hydrogen-bond acceptors (Lipinski definition) is 5. The Bertz CT molecular complexity index is 452. The number of nitrogens with zero attached hydrogens (tertiary/aromatic N) is 2. The number of thiazole rings is 1. The van der Waals surface area contributed by atoms with Crippen LogP contribution in [0.15, 0.2) is 15.7 Å². The predicted octanol–water partition coefficient (Wildman–Crippen LogP) is 1.96. The second-order valence-electron chi connectivity index (χ2n) is 2.32. The van der Waals surface area contributed by atoms with Crippen molar-refractivity contribution in [1.29, 1.82) is 0 Å². The fourth-order valence-corrected chi connectivity index (χ4v) is 1.92. The maximum atomic E-state index is 9.34. The lowest BCUT2D eigenvalue weighted by Gasteiger charge is -1.87. The highest BCUT2D eigenvalue weighted by Crippen LogP contribution is 2.24. The number of aromatic hydroxyl groups is 1. The predicted molar refractivity (Wildman–Crippen MR) is 56.1 cm³/mol. The third kappa shape index (κ3) is 1.73. The molecular formula is C7H5N3OS2. The smallest absolute Gasteiger partial charge is 0.207 e. The summed E-state index contributed by atoms with van der Waals surface area (Å²) in [5, 5.41) is 9.34. The van der Waals surface area contributed by atoms with Gasteiger partial charge in [-0.15, -0.1) is 11.3 Å². The molecule has 2 N–H and O–H groups in total. The van der Waals surface area contributed by atoms with Gasteiger partial charge in [-0.05, 0) is 18.3 Å². The average Bonchev–Trinajstić information content (AvgIpc) is 2.63. The molecule has 0 atom stereocenters. The van der Waals surface area contributed by atoms with E-state index >= 15 is 0 Å². The van der Waals surface area contributed by atoms with Crippen molar-refractivity contribution in [2.45, 2.75) is 0 Å². The Morgan fingerprint density at radius 3 is 3.00 bits per heavy atom. The summed E-state index contributed by atoms with van der Waals surface area (Å²) in [6.07, 6.45) is 4.79. The van der Waals surface area contributed by atoms with Crippen LogP contribution in [0.2, 0.25) is 0 Å². The molecule has 0 saturated carbocycles. The Balaban J connectivity index is 2.42. The van der Waals surface area contributed by atoms with Crippen molar-refractivity contribution in [3.63, 3.8) is 0 Å². The summed E-state index contributed by atoms with van der Waals surface area (Å²) in [5.74, 6) is 0.0815. The summed E-state index contributed by atoms with van der Waals surface area (Å²) in [4.78, 5) is 11.0. The van der Waals surface area contributed by atoms with Crippen LogP contribution in [0, 0.1) is 3.95 Å². The molecule has 13 heavy (non-hydrogen) atoms. The molecule has 0 aromatic carbocycles. The molecule has 1 aromatic heterocycles. The first kappa shape index (κ1) is 8.33. The van der Waals surface area contributed by atoms with Gasteiger partial charge >= 0.3 is 0 Å². The first-order chi connectivity index (χ1) is 6.25. The number of aromatic amines is 1. The molecule has 0 aliphatic carbocycles. The highest BCUT2D eigenvalue weighted by Gasteiger charge is 2.03. The van der Waals surface area contributed by atoms with Crippen LogP contribution in [0.3, 0.4) is 0 Å². The van der Waals surface area contributed by atoms with Crippen molar-refractivity contribution < 1.29 is 5.11 Å². The van der Waals surface area contributed by atoms with Gasteiger partial charge in [0.25, 0.3) is 0 Å². The maximum absolute atomic E-state index is 9.34. The number of rotatable bonds is 1. The molecule has 0 saturated heterocycles. The van der Waals surface area contributed by atoms with Crippen LogP contribution in [-0.2, 0) is 0 Å². The molecule has 4 nitrogen and oxygen atoms in total. The average molecular weight is 211 g/mol. The summed E-state index contributed by atoms with van der Waals surface area (Å²) in [7, 11) is 0. The second-order valence-corrected chi connectivity index (χ2v) is 4.04. The zero-order valence-corrected chi connectivity index (χ0v) is 8.02. The molecule has 6 heteroatoms. The summed E-state index contributed by atoms with van der Waals surface area (Å²) >= 11 is 6.16. The van der Waals surface area contributed by atoms with Gasteiger partial charge in [-0.2, -0.15) is 0 Å². The van der Waals surface area contributed by atoms with Crippen molar-refractivity contribution in [1.82, 2.24) is 4.98 Å². The minimum absolute atomic E-state index is 0.0815. The number of aromatic nitrogens is 1. The zero-order chi connectivity index (χ0) is 9.26. The van der Waals surface area contributed by atoms with Crippen LogP contribution in [-0.4, -0.2) is 22.6 Å². The Morgan fingerprint density at radius 1 is 1.62 bits per heavy atom. The van der Waals surface area contributed by atoms with Crippen LogP contribution >= 0.6 is 23.6 Å². The van der Waals surface area contributed by atoms with Gasteiger partial charge in [0.15, 0.2) is 3.95 Å². The van der Waals surface area contributed by atoms with Crippen molar-refractivity contribution in [3.8, 4) is 5.88 Å². The Hall–Kier alpha value is -1.27.